The van der Waals surface area contributed by atoms with E-state index in [1.807, 2.05) is 66.7 Å². The van der Waals surface area contributed by atoms with Crippen LogP contribution in [0.15, 0.2) is 90.0 Å². The van der Waals surface area contributed by atoms with Crippen LogP contribution in [0.4, 0.5) is 0 Å². The Balaban J connectivity index is 1.32. The predicted octanol–water partition coefficient (Wildman–Crippen LogP) is 5.54. The summed E-state index contributed by atoms with van der Waals surface area (Å²) >= 11 is 0. The fourth-order valence-electron chi connectivity index (χ4n) is 3.24. The maximum atomic E-state index is 12.4. The Labute approximate surface area is 193 Å². The minimum absolute atomic E-state index is 0.335. The zero-order valence-electron chi connectivity index (χ0n) is 18.7. The lowest BCUT2D eigenvalue weighted by Gasteiger charge is -2.06. The summed E-state index contributed by atoms with van der Waals surface area (Å²) in [5.41, 5.74) is 7.70. The van der Waals surface area contributed by atoms with E-state index < -0.39 is 0 Å². The van der Waals surface area contributed by atoms with Crippen LogP contribution in [-0.2, 0) is 6.61 Å². The van der Waals surface area contributed by atoms with Crippen molar-refractivity contribution in [3.8, 4) is 17.0 Å². The number of H-pyrrole nitrogens is 1. The van der Waals surface area contributed by atoms with Gasteiger partial charge in [0.25, 0.3) is 5.91 Å². The third kappa shape index (κ3) is 5.95. The Morgan fingerprint density at radius 1 is 1.03 bits per heavy atom. The quantitative estimate of drug-likeness (QED) is 0.280. The maximum Gasteiger partial charge on any atom is 0.289 e. The molecular weight excluding hydrogens is 412 g/mol. The van der Waals surface area contributed by atoms with Crippen molar-refractivity contribution in [1.82, 2.24) is 15.6 Å². The van der Waals surface area contributed by atoms with E-state index in [-0.39, 0.29) is 5.91 Å². The summed E-state index contributed by atoms with van der Waals surface area (Å²) in [5.74, 6) is 0.891. The number of aromatic nitrogens is 2. The van der Waals surface area contributed by atoms with Crippen LogP contribution in [0, 0.1) is 0 Å². The van der Waals surface area contributed by atoms with Crippen LogP contribution in [-0.4, -0.2) is 22.3 Å². The molecule has 0 fully saturated rings. The molecule has 2 N–H and O–H groups in total. The molecule has 33 heavy (non-hydrogen) atoms. The molecule has 3 aromatic carbocycles. The molecule has 4 aromatic rings. The first-order valence-corrected chi connectivity index (χ1v) is 10.8. The van der Waals surface area contributed by atoms with Crippen LogP contribution in [0.2, 0.25) is 0 Å². The van der Waals surface area contributed by atoms with Gasteiger partial charge in [-0.3, -0.25) is 9.89 Å². The standard InChI is InChI=1S/C27H26N4O2/c1-19(2)22-10-8-20(9-11-22)17-28-31-27(32)26-16-25(29-30-26)23-12-14-24(15-13-23)33-18-21-6-4-3-5-7-21/h3-17,19H,18H2,1-2H3,(H,29,30)(H,31,32). The van der Waals surface area contributed by atoms with E-state index in [1.54, 1.807) is 12.3 Å². The molecule has 1 aromatic heterocycles. The lowest BCUT2D eigenvalue weighted by atomic mass is 10.0. The van der Waals surface area contributed by atoms with Crippen molar-refractivity contribution < 1.29 is 9.53 Å². The molecular formula is C27H26N4O2. The Morgan fingerprint density at radius 3 is 2.45 bits per heavy atom. The smallest absolute Gasteiger partial charge is 0.289 e. The number of amides is 1. The molecule has 0 unspecified atom stereocenters. The molecule has 6 heteroatoms. The second-order valence-electron chi connectivity index (χ2n) is 7.99. The van der Waals surface area contributed by atoms with E-state index in [1.165, 1.54) is 5.56 Å². The van der Waals surface area contributed by atoms with Gasteiger partial charge < -0.3 is 4.74 Å². The highest BCUT2D eigenvalue weighted by Crippen LogP contribution is 2.22. The summed E-state index contributed by atoms with van der Waals surface area (Å²) in [7, 11) is 0. The van der Waals surface area contributed by atoms with Crippen molar-refractivity contribution in [2.24, 2.45) is 5.10 Å². The molecule has 0 aliphatic heterocycles. The first kappa shape index (κ1) is 22.0. The number of benzene rings is 3. The van der Waals surface area contributed by atoms with Gasteiger partial charge in [-0.15, -0.1) is 0 Å². The molecule has 0 aliphatic carbocycles. The van der Waals surface area contributed by atoms with Gasteiger partial charge in [0.05, 0.1) is 11.9 Å². The number of nitrogens with one attached hydrogen (secondary N) is 2. The molecule has 4 rings (SSSR count). The molecule has 0 atom stereocenters. The van der Waals surface area contributed by atoms with Crippen LogP contribution in [0.3, 0.4) is 0 Å². The van der Waals surface area contributed by atoms with E-state index in [2.05, 4.69) is 46.7 Å². The topological polar surface area (TPSA) is 79.4 Å². The number of hydrogen-bond acceptors (Lipinski definition) is 4. The van der Waals surface area contributed by atoms with Crippen LogP contribution in [0.5, 0.6) is 5.75 Å². The molecule has 0 bridgehead atoms. The lowest BCUT2D eigenvalue weighted by Crippen LogP contribution is -2.18. The molecule has 0 saturated carbocycles. The van der Waals surface area contributed by atoms with Gasteiger partial charge in [-0.05, 0) is 52.9 Å². The van der Waals surface area contributed by atoms with Crippen molar-refractivity contribution in [3.63, 3.8) is 0 Å². The van der Waals surface area contributed by atoms with Crippen LogP contribution < -0.4 is 10.2 Å². The number of carbonyl (C=O) groups is 1. The highest BCUT2D eigenvalue weighted by Gasteiger charge is 2.10. The van der Waals surface area contributed by atoms with Crippen molar-refractivity contribution >= 4 is 12.1 Å². The lowest BCUT2D eigenvalue weighted by molar-refractivity contribution is 0.0950. The first-order chi connectivity index (χ1) is 16.1. The van der Waals surface area contributed by atoms with E-state index >= 15 is 0 Å². The monoisotopic (exact) mass is 438 g/mol. The number of ether oxygens (including phenoxy) is 1. The van der Waals surface area contributed by atoms with E-state index in [0.717, 1.165) is 22.4 Å². The number of nitrogens with zero attached hydrogens (tertiary/aromatic N) is 2. The van der Waals surface area contributed by atoms with E-state index in [0.29, 0.717) is 23.9 Å². The van der Waals surface area contributed by atoms with Gasteiger partial charge in [0.1, 0.15) is 18.1 Å². The largest absolute Gasteiger partial charge is 0.489 e. The average Bonchev–Trinajstić information content (AvgIpc) is 3.34. The van der Waals surface area contributed by atoms with E-state index in [4.69, 9.17) is 4.74 Å². The number of hydrazone groups is 1. The molecule has 166 valence electrons. The average molecular weight is 439 g/mol. The van der Waals surface area contributed by atoms with Crippen LogP contribution in [0.25, 0.3) is 11.3 Å². The summed E-state index contributed by atoms with van der Waals surface area (Å²) in [6, 6.07) is 27.4. The first-order valence-electron chi connectivity index (χ1n) is 10.8. The number of hydrogen-bond donors (Lipinski definition) is 2. The van der Waals surface area contributed by atoms with Gasteiger partial charge >= 0.3 is 0 Å². The number of aromatic amines is 1. The molecule has 1 heterocycles. The molecule has 6 nitrogen and oxygen atoms in total. The molecule has 1 amide bonds. The summed E-state index contributed by atoms with van der Waals surface area (Å²) in [4.78, 5) is 12.4. The number of carbonyl (C=O) groups excluding carboxylic acids is 1. The van der Waals surface area contributed by atoms with Crippen molar-refractivity contribution in [2.75, 3.05) is 0 Å². The Morgan fingerprint density at radius 2 is 1.76 bits per heavy atom. The second kappa shape index (κ2) is 10.4. The normalized spacial score (nSPS) is 11.1. The summed E-state index contributed by atoms with van der Waals surface area (Å²) < 4.78 is 5.82. The summed E-state index contributed by atoms with van der Waals surface area (Å²) in [5, 5.41) is 11.1. The van der Waals surface area contributed by atoms with Crippen LogP contribution >= 0.6 is 0 Å². The summed E-state index contributed by atoms with van der Waals surface area (Å²) in [6.45, 7) is 4.81. The van der Waals surface area contributed by atoms with Crippen molar-refractivity contribution in [3.05, 3.63) is 107 Å². The fourth-order valence-corrected chi connectivity index (χ4v) is 3.24. The van der Waals surface area contributed by atoms with Gasteiger partial charge in [-0.2, -0.15) is 10.2 Å². The Hall–Kier alpha value is -4.19. The van der Waals surface area contributed by atoms with Gasteiger partial charge in [0.2, 0.25) is 0 Å². The van der Waals surface area contributed by atoms with Crippen LogP contribution in [0.1, 0.15) is 46.9 Å². The molecule has 0 radical (unpaired) electrons. The highest BCUT2D eigenvalue weighted by atomic mass is 16.5. The third-order valence-electron chi connectivity index (χ3n) is 5.20. The highest BCUT2D eigenvalue weighted by molar-refractivity contribution is 5.94. The molecule has 0 saturated heterocycles. The van der Waals surface area contributed by atoms with E-state index in [9.17, 15) is 4.79 Å². The third-order valence-corrected chi connectivity index (χ3v) is 5.20. The van der Waals surface area contributed by atoms with Gasteiger partial charge in [0, 0.05) is 5.56 Å². The number of rotatable bonds is 8. The fraction of sp³-hybridized carbons (Fsp3) is 0.148. The van der Waals surface area contributed by atoms with Crippen molar-refractivity contribution in [1.29, 1.82) is 0 Å². The van der Waals surface area contributed by atoms with Crippen molar-refractivity contribution in [2.45, 2.75) is 26.4 Å². The molecule has 0 aliphatic rings. The Bertz CT molecular complexity index is 1210. The SMILES string of the molecule is CC(C)c1ccc(C=NNC(=O)c2cc(-c3ccc(OCc4ccccc4)cc3)n[nH]2)cc1. The maximum absolute atomic E-state index is 12.4. The minimum Gasteiger partial charge on any atom is -0.489 e. The van der Waals surface area contributed by atoms with Gasteiger partial charge in [-0.25, -0.2) is 5.43 Å². The van der Waals surface area contributed by atoms with Gasteiger partial charge in [-0.1, -0.05) is 68.4 Å². The molecule has 0 spiro atoms. The Kier molecular flexibility index (Phi) is 6.95. The second-order valence-corrected chi connectivity index (χ2v) is 7.99. The predicted molar refractivity (Wildman–Crippen MR) is 130 cm³/mol. The van der Waals surface area contributed by atoms with Gasteiger partial charge in [0.15, 0.2) is 0 Å². The summed E-state index contributed by atoms with van der Waals surface area (Å²) in [6.07, 6.45) is 1.62. The minimum atomic E-state index is -0.355. The zero-order valence-corrected chi connectivity index (χ0v) is 18.7. The zero-order chi connectivity index (χ0) is 23.0.